The molecule has 67 heavy (non-hydrogen) atoms. The second-order valence-electron chi connectivity index (χ2n) is 16.4. The number of benzene rings is 3. The van der Waals surface area contributed by atoms with E-state index in [0.717, 1.165) is 107 Å². The van der Waals surface area contributed by atoms with Crippen LogP contribution in [-0.2, 0) is 9.47 Å². The largest absolute Gasteiger partial charge is 0.379 e. The van der Waals surface area contributed by atoms with Crippen molar-refractivity contribution in [1.29, 1.82) is 0 Å². The van der Waals surface area contributed by atoms with E-state index in [2.05, 4.69) is 71.7 Å². The molecule has 0 saturated carbocycles. The molecule has 3 atom stereocenters. The lowest BCUT2D eigenvalue weighted by atomic mass is 9.88. The smallest absolute Gasteiger partial charge is 0.264 e. The highest BCUT2D eigenvalue weighted by Crippen LogP contribution is 2.43. The van der Waals surface area contributed by atoms with Gasteiger partial charge in [0.1, 0.15) is 0 Å². The van der Waals surface area contributed by atoms with E-state index in [9.17, 15) is 14.4 Å². The second-order valence-corrected chi connectivity index (χ2v) is 23.6. The Morgan fingerprint density at radius 1 is 0.567 bits per heavy atom. The molecule has 0 bridgehead atoms. The quantitative estimate of drug-likeness (QED) is 0.181. The maximum atomic E-state index is 12.6. The molecular formula is C49H48Br2Cl3N5O5S3. The molecule has 2 saturated heterocycles. The summed E-state index contributed by atoms with van der Waals surface area (Å²) in [4.78, 5) is 45.0. The number of thiophene rings is 3. The monoisotopic (exact) mass is 1150 g/mol. The van der Waals surface area contributed by atoms with E-state index in [-0.39, 0.29) is 35.5 Å². The molecular weight excluding hydrogens is 1100 g/mol. The van der Waals surface area contributed by atoms with Crippen LogP contribution in [0.25, 0.3) is 0 Å². The molecule has 0 spiro atoms. The Balaban J connectivity index is 0.000000129. The molecule has 18 heteroatoms. The predicted molar refractivity (Wildman–Crippen MR) is 281 cm³/mol. The first-order valence-corrected chi connectivity index (χ1v) is 26.9. The van der Waals surface area contributed by atoms with Crippen LogP contribution in [0.5, 0.6) is 0 Å². The molecule has 11 rings (SSSR count). The minimum absolute atomic E-state index is 0.0194. The van der Waals surface area contributed by atoms with Crippen molar-refractivity contribution in [2.24, 2.45) is 0 Å². The maximum Gasteiger partial charge on any atom is 0.264 e. The number of nitrogens with one attached hydrogen (secondary N) is 2. The normalized spacial score (nSPS) is 19.9. The number of likely N-dealkylation sites (N-methyl/N-ethyl adjacent to an activating group) is 2. The molecule has 2 N–H and O–H groups in total. The van der Waals surface area contributed by atoms with Gasteiger partial charge >= 0.3 is 0 Å². The number of fused-ring (bicyclic) bond motifs is 3. The number of carbonyl (C=O) groups is 3. The van der Waals surface area contributed by atoms with Crippen LogP contribution >= 0.6 is 101 Å². The van der Waals surface area contributed by atoms with Crippen LogP contribution in [0.4, 0.5) is 5.00 Å². The molecule has 5 aliphatic heterocycles. The molecule has 10 nitrogen and oxygen atoms in total. The van der Waals surface area contributed by atoms with E-state index in [1.54, 1.807) is 16.2 Å². The van der Waals surface area contributed by atoms with Gasteiger partial charge in [-0.05, 0) is 120 Å². The molecule has 0 radical (unpaired) electrons. The first-order valence-electron chi connectivity index (χ1n) is 21.7. The van der Waals surface area contributed by atoms with Gasteiger partial charge in [0, 0.05) is 92.7 Å². The van der Waals surface area contributed by atoms with Crippen molar-refractivity contribution in [3.63, 3.8) is 0 Å². The fourth-order valence-corrected chi connectivity index (χ4v) is 13.4. The average Bonchev–Trinajstić information content (AvgIpc) is 4.09. The van der Waals surface area contributed by atoms with Crippen molar-refractivity contribution in [3.05, 3.63) is 162 Å². The van der Waals surface area contributed by atoms with E-state index in [1.807, 2.05) is 85.7 Å². The number of anilines is 1. The third kappa shape index (κ3) is 12.2. The van der Waals surface area contributed by atoms with Gasteiger partial charge in [-0.25, -0.2) is 0 Å². The zero-order valence-corrected chi connectivity index (χ0v) is 44.6. The summed E-state index contributed by atoms with van der Waals surface area (Å²) < 4.78 is 12.4. The fourth-order valence-electron chi connectivity index (χ4n) is 8.48. The molecule has 3 aromatic carbocycles. The Bertz CT molecular complexity index is 2660. The van der Waals surface area contributed by atoms with E-state index < -0.39 is 0 Å². The zero-order valence-electron chi connectivity index (χ0n) is 36.7. The number of hydrogen-bond acceptors (Lipinski definition) is 10. The topological polar surface area (TPSA) is 103 Å². The summed E-state index contributed by atoms with van der Waals surface area (Å²) in [5.74, 6) is 0.877. The van der Waals surface area contributed by atoms with Crippen LogP contribution in [0.3, 0.4) is 0 Å². The maximum absolute atomic E-state index is 12.6. The minimum Gasteiger partial charge on any atom is -0.379 e. The third-order valence-corrected chi connectivity index (χ3v) is 17.2. The molecule has 5 aliphatic rings. The number of nitrogens with zero attached hydrogens (tertiary/aromatic N) is 3. The Kier molecular flexibility index (Phi) is 17.2. The standard InChI is InChI=1S/C18H19ClN2O2S.C14H11BrClNOS.C13H9BrClNOS.C4H9NO/c1-20-11-15(12-2-4-13(19)5-3-12)14-10-16(24-17(14)18(20)22)21-6-8-23-9-7-21;1-17-7-11(8-2-4-9(16)5-3-8)10-6-12(15)19-13(10)14(17)18;14-11-5-9-10(6-16-13(17)12(9)18-11)7-1-3-8(15)4-2-7;1-3-6-4-2-5-1/h2-5,10,15H,6-9,11H2,1H3;2-6,11H,7H2,1H3;1-5,10H,6H2,(H,16,17);5H,1-4H2. The molecule has 2 fully saturated rings. The van der Waals surface area contributed by atoms with Gasteiger partial charge in [-0.15, -0.1) is 34.0 Å². The first kappa shape index (κ1) is 50.1. The van der Waals surface area contributed by atoms with Gasteiger partial charge in [0.15, 0.2) is 0 Å². The third-order valence-electron chi connectivity index (χ3n) is 12.0. The number of ether oxygens (including phenoxy) is 2. The van der Waals surface area contributed by atoms with Crippen LogP contribution < -0.4 is 15.5 Å². The lowest BCUT2D eigenvalue weighted by Crippen LogP contribution is -2.36. The number of hydrogen-bond donors (Lipinski definition) is 2. The minimum atomic E-state index is 0.0194. The fraction of sp³-hybridized carbons (Fsp3) is 0.327. The van der Waals surface area contributed by atoms with Crippen LogP contribution in [0.1, 0.15) is 80.1 Å². The number of carbonyl (C=O) groups excluding carboxylic acids is 3. The van der Waals surface area contributed by atoms with Crippen molar-refractivity contribution in [2.75, 3.05) is 91.2 Å². The average molecular weight is 1150 g/mol. The Labute approximate surface area is 434 Å². The van der Waals surface area contributed by atoms with Gasteiger partial charge in [-0.2, -0.15) is 0 Å². The SMILES string of the molecule is C1COCCN1.CN1CC(c2ccc(Cl)cc2)c2cc(Br)sc2C1=O.CN1CC(c2ccc(Cl)cc2)c2cc(N3CCOCC3)sc2C1=O.O=C1NCC(c2ccc(Cl)cc2)c2cc(Br)sc21. The molecule has 3 unspecified atom stereocenters. The van der Waals surface area contributed by atoms with E-state index in [4.69, 9.17) is 44.3 Å². The summed E-state index contributed by atoms with van der Waals surface area (Å²) in [6, 6.07) is 29.9. The van der Waals surface area contributed by atoms with Gasteiger partial charge in [-0.3, -0.25) is 14.4 Å². The number of amides is 3. The number of rotatable bonds is 4. The summed E-state index contributed by atoms with van der Waals surface area (Å²) in [5.41, 5.74) is 6.92. The van der Waals surface area contributed by atoms with Gasteiger partial charge < -0.3 is 34.8 Å². The van der Waals surface area contributed by atoms with Crippen LogP contribution in [0.2, 0.25) is 15.1 Å². The van der Waals surface area contributed by atoms with Crippen molar-refractivity contribution in [2.45, 2.75) is 17.8 Å². The second kappa shape index (κ2) is 23.1. The highest BCUT2D eigenvalue weighted by atomic mass is 79.9. The summed E-state index contributed by atoms with van der Waals surface area (Å²) in [7, 11) is 3.73. The van der Waals surface area contributed by atoms with Gasteiger partial charge in [0.25, 0.3) is 17.7 Å². The summed E-state index contributed by atoms with van der Waals surface area (Å²) >= 11 is 29.4. The molecule has 8 heterocycles. The molecule has 352 valence electrons. The van der Waals surface area contributed by atoms with Crippen LogP contribution in [0.15, 0.2) is 98.6 Å². The molecule has 3 amide bonds. The van der Waals surface area contributed by atoms with Crippen molar-refractivity contribution < 1.29 is 23.9 Å². The lowest BCUT2D eigenvalue weighted by Gasteiger charge is -2.30. The Hall–Kier alpha value is -3.32. The predicted octanol–water partition coefficient (Wildman–Crippen LogP) is 11.5. The molecule has 0 aliphatic carbocycles. The van der Waals surface area contributed by atoms with E-state index >= 15 is 0 Å². The van der Waals surface area contributed by atoms with Crippen LogP contribution in [-0.4, -0.2) is 114 Å². The van der Waals surface area contributed by atoms with Crippen molar-refractivity contribution >= 4 is 123 Å². The van der Waals surface area contributed by atoms with Gasteiger partial charge in [0.05, 0.1) is 53.6 Å². The van der Waals surface area contributed by atoms with Crippen molar-refractivity contribution in [3.8, 4) is 0 Å². The summed E-state index contributed by atoms with van der Waals surface area (Å²) in [6.45, 7) is 9.14. The highest BCUT2D eigenvalue weighted by molar-refractivity contribution is 9.11. The summed E-state index contributed by atoms with van der Waals surface area (Å²) in [6.07, 6.45) is 0. The lowest BCUT2D eigenvalue weighted by molar-refractivity contribution is 0.0770. The van der Waals surface area contributed by atoms with Gasteiger partial charge in [-0.1, -0.05) is 71.2 Å². The van der Waals surface area contributed by atoms with Crippen molar-refractivity contribution in [1.82, 2.24) is 20.4 Å². The zero-order chi connectivity index (χ0) is 47.2. The van der Waals surface area contributed by atoms with Crippen LogP contribution in [0, 0.1) is 0 Å². The van der Waals surface area contributed by atoms with E-state index in [0.29, 0.717) is 19.6 Å². The van der Waals surface area contributed by atoms with Gasteiger partial charge in [0.2, 0.25) is 0 Å². The number of morpholine rings is 2. The number of halogens is 5. The molecule has 3 aromatic heterocycles. The Morgan fingerprint density at radius 3 is 1.45 bits per heavy atom. The molecule has 6 aromatic rings. The highest BCUT2D eigenvalue weighted by Gasteiger charge is 2.35. The first-order chi connectivity index (χ1) is 32.3. The summed E-state index contributed by atoms with van der Waals surface area (Å²) in [5, 5.41) is 9.46. The Morgan fingerprint density at radius 2 is 0.985 bits per heavy atom. The van der Waals surface area contributed by atoms with E-state index in [1.165, 1.54) is 44.4 Å².